The fourth-order valence-electron chi connectivity index (χ4n) is 2.98. The first-order chi connectivity index (χ1) is 7.97. The first-order valence-corrected chi connectivity index (χ1v) is 6.47. The summed E-state index contributed by atoms with van der Waals surface area (Å²) in [6.45, 7) is 8.77. The van der Waals surface area contributed by atoms with E-state index in [0.29, 0.717) is 18.0 Å². The van der Waals surface area contributed by atoms with Gasteiger partial charge in [-0.3, -0.25) is 9.58 Å². The van der Waals surface area contributed by atoms with Gasteiger partial charge < -0.3 is 5.73 Å². The lowest BCUT2D eigenvalue weighted by Gasteiger charge is -2.38. The summed E-state index contributed by atoms with van der Waals surface area (Å²) in [5.74, 6) is 0.693. The van der Waals surface area contributed by atoms with Crippen LogP contribution in [-0.2, 0) is 7.05 Å². The van der Waals surface area contributed by atoms with Crippen molar-refractivity contribution < 1.29 is 0 Å². The summed E-state index contributed by atoms with van der Waals surface area (Å²) in [4.78, 5) is 2.49. The van der Waals surface area contributed by atoms with Crippen LogP contribution in [0.4, 0.5) is 0 Å². The van der Waals surface area contributed by atoms with E-state index in [2.05, 4.69) is 37.0 Å². The molecule has 0 saturated carbocycles. The van der Waals surface area contributed by atoms with Crippen LogP contribution in [0.1, 0.15) is 37.6 Å². The van der Waals surface area contributed by atoms with Crippen LogP contribution >= 0.6 is 0 Å². The highest BCUT2D eigenvalue weighted by molar-refractivity contribution is 5.19. The lowest BCUT2D eigenvalue weighted by molar-refractivity contribution is 0.123. The number of likely N-dealkylation sites (tertiary alicyclic amines) is 1. The van der Waals surface area contributed by atoms with Crippen LogP contribution in [0.15, 0.2) is 6.20 Å². The molecular formula is C13H24N4. The third-order valence-electron chi connectivity index (χ3n) is 3.77. The summed E-state index contributed by atoms with van der Waals surface area (Å²) in [6, 6.07) is 0.732. The Hall–Kier alpha value is -0.870. The van der Waals surface area contributed by atoms with Gasteiger partial charge in [0.1, 0.15) is 0 Å². The molecule has 4 nitrogen and oxygen atoms in total. The van der Waals surface area contributed by atoms with Gasteiger partial charge in [0, 0.05) is 44.0 Å². The van der Waals surface area contributed by atoms with Crippen LogP contribution in [0.2, 0.25) is 0 Å². The van der Waals surface area contributed by atoms with E-state index in [1.807, 2.05) is 11.7 Å². The highest BCUT2D eigenvalue weighted by Gasteiger charge is 2.27. The quantitative estimate of drug-likeness (QED) is 0.845. The molecule has 0 radical (unpaired) electrons. The molecule has 1 aromatic rings. The van der Waals surface area contributed by atoms with Gasteiger partial charge in [-0.25, -0.2) is 0 Å². The third kappa shape index (κ3) is 2.69. The Morgan fingerprint density at radius 1 is 1.47 bits per heavy atom. The van der Waals surface area contributed by atoms with Gasteiger partial charge in [0.25, 0.3) is 0 Å². The van der Waals surface area contributed by atoms with Gasteiger partial charge in [0.15, 0.2) is 0 Å². The number of piperidine rings is 1. The summed E-state index contributed by atoms with van der Waals surface area (Å²) in [5, 5.41) is 4.42. The largest absolute Gasteiger partial charge is 0.327 e. The molecule has 1 aliphatic heterocycles. The van der Waals surface area contributed by atoms with Crippen molar-refractivity contribution in [1.82, 2.24) is 14.7 Å². The minimum atomic E-state index is 0.318. The van der Waals surface area contributed by atoms with Gasteiger partial charge in [0.05, 0.1) is 5.69 Å². The van der Waals surface area contributed by atoms with Crippen LogP contribution in [0, 0.1) is 12.8 Å². The predicted octanol–water partition coefficient (Wildman–Crippen LogP) is 1.46. The maximum Gasteiger partial charge on any atom is 0.0641 e. The molecule has 1 aliphatic rings. The topological polar surface area (TPSA) is 47.1 Å². The van der Waals surface area contributed by atoms with Crippen molar-refractivity contribution in [3.63, 3.8) is 0 Å². The van der Waals surface area contributed by atoms with Crippen molar-refractivity contribution in [3.05, 3.63) is 17.5 Å². The van der Waals surface area contributed by atoms with Crippen molar-refractivity contribution >= 4 is 0 Å². The molecule has 3 unspecified atom stereocenters. The van der Waals surface area contributed by atoms with Gasteiger partial charge in [-0.1, -0.05) is 6.92 Å². The Morgan fingerprint density at radius 2 is 2.18 bits per heavy atom. The Labute approximate surface area is 104 Å². The summed E-state index contributed by atoms with van der Waals surface area (Å²) in [7, 11) is 1.98. The van der Waals surface area contributed by atoms with Crippen LogP contribution in [0.25, 0.3) is 0 Å². The van der Waals surface area contributed by atoms with E-state index in [0.717, 1.165) is 25.2 Å². The Bertz CT molecular complexity index is 375. The van der Waals surface area contributed by atoms with Crippen molar-refractivity contribution in [2.75, 3.05) is 13.1 Å². The van der Waals surface area contributed by atoms with Crippen molar-refractivity contribution in [1.29, 1.82) is 0 Å². The smallest absolute Gasteiger partial charge is 0.0641 e. The summed E-state index contributed by atoms with van der Waals surface area (Å²) < 4.78 is 1.90. The third-order valence-corrected chi connectivity index (χ3v) is 3.77. The highest BCUT2D eigenvalue weighted by Crippen LogP contribution is 2.27. The average Bonchev–Trinajstić information content (AvgIpc) is 2.55. The first kappa shape index (κ1) is 12.6. The number of rotatable bonds is 2. The van der Waals surface area contributed by atoms with Gasteiger partial charge in [0.2, 0.25) is 0 Å². The number of nitrogens with two attached hydrogens (primary N) is 1. The first-order valence-electron chi connectivity index (χ1n) is 6.47. The molecule has 0 spiro atoms. The van der Waals surface area contributed by atoms with Crippen molar-refractivity contribution in [2.24, 2.45) is 18.7 Å². The van der Waals surface area contributed by atoms with Gasteiger partial charge >= 0.3 is 0 Å². The number of nitrogens with zero attached hydrogens (tertiary/aromatic N) is 3. The molecule has 0 aromatic carbocycles. The molecule has 2 rings (SSSR count). The van der Waals surface area contributed by atoms with Crippen LogP contribution in [0.5, 0.6) is 0 Å². The highest BCUT2D eigenvalue weighted by atomic mass is 15.3. The predicted molar refractivity (Wildman–Crippen MR) is 69.7 cm³/mol. The average molecular weight is 236 g/mol. The zero-order valence-electron chi connectivity index (χ0n) is 11.3. The fourth-order valence-corrected chi connectivity index (χ4v) is 2.98. The van der Waals surface area contributed by atoms with Crippen LogP contribution < -0.4 is 5.73 Å². The lowest BCUT2D eigenvalue weighted by Crippen LogP contribution is -2.47. The van der Waals surface area contributed by atoms with E-state index in [9.17, 15) is 0 Å². The number of hydrogen-bond acceptors (Lipinski definition) is 3. The van der Waals surface area contributed by atoms with Gasteiger partial charge in [-0.2, -0.15) is 5.10 Å². The molecule has 96 valence electrons. The molecular weight excluding hydrogens is 212 g/mol. The van der Waals surface area contributed by atoms with E-state index in [-0.39, 0.29) is 0 Å². The normalized spacial score (nSPS) is 28.3. The molecule has 2 N–H and O–H groups in total. The molecule has 0 amide bonds. The van der Waals surface area contributed by atoms with Crippen molar-refractivity contribution in [2.45, 2.75) is 39.3 Å². The molecule has 4 heteroatoms. The Morgan fingerprint density at radius 3 is 2.71 bits per heavy atom. The van der Waals surface area contributed by atoms with E-state index in [4.69, 9.17) is 5.73 Å². The number of aryl methyl sites for hydroxylation is 2. The molecule has 1 aromatic heterocycles. The second-order valence-corrected chi connectivity index (χ2v) is 5.57. The molecule has 1 fully saturated rings. The van der Waals surface area contributed by atoms with Crippen LogP contribution in [-0.4, -0.2) is 33.8 Å². The van der Waals surface area contributed by atoms with E-state index < -0.39 is 0 Å². The molecule has 0 bridgehead atoms. The monoisotopic (exact) mass is 236 g/mol. The fraction of sp³-hybridized carbons (Fsp3) is 0.769. The molecule has 3 atom stereocenters. The Kier molecular flexibility index (Phi) is 3.54. The maximum atomic E-state index is 6.11. The van der Waals surface area contributed by atoms with Crippen molar-refractivity contribution in [3.8, 4) is 0 Å². The minimum absolute atomic E-state index is 0.318. The molecule has 17 heavy (non-hydrogen) atoms. The summed E-state index contributed by atoms with van der Waals surface area (Å²) in [5.41, 5.74) is 8.57. The summed E-state index contributed by atoms with van der Waals surface area (Å²) >= 11 is 0. The summed E-state index contributed by atoms with van der Waals surface area (Å²) in [6.07, 6.45) is 3.28. The number of hydrogen-bond donors (Lipinski definition) is 1. The molecule has 2 heterocycles. The number of aromatic nitrogens is 2. The lowest BCUT2D eigenvalue weighted by atomic mass is 9.94. The molecule has 0 aliphatic carbocycles. The second-order valence-electron chi connectivity index (χ2n) is 5.57. The SMILES string of the molecule is Cc1nn(C)cc1C(C)N1CC(C)CC(N)C1. The Balaban J connectivity index is 2.14. The standard InChI is InChI=1S/C13H24N4/c1-9-5-12(14)7-17(6-9)11(3)13-8-16(4)15-10(13)2/h8-9,11-12H,5-7,14H2,1-4H3. The van der Waals surface area contributed by atoms with Gasteiger partial charge in [-0.15, -0.1) is 0 Å². The van der Waals surface area contributed by atoms with E-state index >= 15 is 0 Å². The zero-order valence-corrected chi connectivity index (χ0v) is 11.3. The van der Waals surface area contributed by atoms with E-state index in [1.54, 1.807) is 0 Å². The van der Waals surface area contributed by atoms with Gasteiger partial charge in [-0.05, 0) is 26.2 Å². The zero-order chi connectivity index (χ0) is 12.6. The minimum Gasteiger partial charge on any atom is -0.327 e. The van der Waals surface area contributed by atoms with E-state index in [1.165, 1.54) is 5.56 Å². The molecule has 1 saturated heterocycles. The second kappa shape index (κ2) is 4.78. The maximum absolute atomic E-state index is 6.11. The van der Waals surface area contributed by atoms with Crippen LogP contribution in [0.3, 0.4) is 0 Å².